The zero-order valence-corrected chi connectivity index (χ0v) is 7.59. The third-order valence-corrected chi connectivity index (χ3v) is 2.05. The van der Waals surface area contributed by atoms with Crippen LogP contribution >= 0.6 is 0 Å². The number of hydrogen-bond donors (Lipinski definition) is 1. The molecule has 0 saturated heterocycles. The molecule has 2 N–H and O–H groups in total. The quantitative estimate of drug-likeness (QED) is 0.797. The van der Waals surface area contributed by atoms with Crippen LogP contribution < -0.4 is 5.73 Å². The molecular weight excluding hydrogens is 191 g/mol. The van der Waals surface area contributed by atoms with Crippen molar-refractivity contribution < 1.29 is 13.2 Å². The van der Waals surface area contributed by atoms with Gasteiger partial charge in [-0.05, 0) is 24.1 Å². The highest BCUT2D eigenvalue weighted by Crippen LogP contribution is 2.15. The van der Waals surface area contributed by atoms with Gasteiger partial charge in [0, 0.05) is 12.5 Å². The number of rotatable bonds is 4. The Morgan fingerprint density at radius 3 is 2.50 bits per heavy atom. The van der Waals surface area contributed by atoms with Crippen molar-refractivity contribution in [2.45, 2.75) is 12.8 Å². The predicted molar refractivity (Wildman–Crippen MR) is 48.7 cm³/mol. The molecule has 0 radical (unpaired) electrons. The topological polar surface area (TPSA) is 26.0 Å². The van der Waals surface area contributed by atoms with Crippen molar-refractivity contribution in [3.8, 4) is 0 Å². The van der Waals surface area contributed by atoms with E-state index in [-0.39, 0.29) is 13.0 Å². The standard InChI is InChI=1S/C10H12F3N/c11-9-3-1-2-7(5-9)4-8(6-14)10(12)13/h1-3,5,8,10H,4,6,14H2. The van der Waals surface area contributed by atoms with E-state index in [9.17, 15) is 13.2 Å². The molecule has 0 aliphatic heterocycles. The second kappa shape index (κ2) is 5.00. The minimum Gasteiger partial charge on any atom is -0.330 e. The summed E-state index contributed by atoms with van der Waals surface area (Å²) in [4.78, 5) is 0. The van der Waals surface area contributed by atoms with Gasteiger partial charge in [0.25, 0.3) is 0 Å². The van der Waals surface area contributed by atoms with E-state index < -0.39 is 18.2 Å². The Morgan fingerprint density at radius 1 is 1.29 bits per heavy atom. The number of benzene rings is 1. The van der Waals surface area contributed by atoms with Crippen LogP contribution in [-0.2, 0) is 6.42 Å². The predicted octanol–water partition coefficient (Wildman–Crippen LogP) is 2.21. The van der Waals surface area contributed by atoms with Gasteiger partial charge in [-0.25, -0.2) is 13.2 Å². The fourth-order valence-electron chi connectivity index (χ4n) is 1.24. The van der Waals surface area contributed by atoms with Crippen LogP contribution in [0, 0.1) is 11.7 Å². The zero-order valence-electron chi connectivity index (χ0n) is 7.59. The average Bonchev–Trinajstić information content (AvgIpc) is 2.14. The Bertz CT molecular complexity index is 288. The minimum absolute atomic E-state index is 0.0891. The second-order valence-electron chi connectivity index (χ2n) is 3.16. The molecule has 1 aromatic carbocycles. The van der Waals surface area contributed by atoms with Crippen molar-refractivity contribution in [3.05, 3.63) is 35.6 Å². The molecule has 1 unspecified atom stereocenters. The lowest BCUT2D eigenvalue weighted by molar-refractivity contribution is 0.0813. The Kier molecular flexibility index (Phi) is 3.95. The van der Waals surface area contributed by atoms with Crippen LogP contribution in [0.2, 0.25) is 0 Å². The van der Waals surface area contributed by atoms with Gasteiger partial charge in [0.2, 0.25) is 6.43 Å². The first-order valence-corrected chi connectivity index (χ1v) is 4.36. The number of hydrogen-bond acceptors (Lipinski definition) is 1. The molecule has 78 valence electrons. The summed E-state index contributed by atoms with van der Waals surface area (Å²) < 4.78 is 37.3. The first kappa shape index (κ1) is 11.0. The Balaban J connectivity index is 2.67. The molecule has 0 amide bonds. The lowest BCUT2D eigenvalue weighted by Crippen LogP contribution is -2.23. The van der Waals surface area contributed by atoms with Crippen LogP contribution in [0.4, 0.5) is 13.2 Å². The maximum atomic E-state index is 12.7. The molecule has 1 atom stereocenters. The first-order chi connectivity index (χ1) is 6.63. The van der Waals surface area contributed by atoms with Crippen molar-refractivity contribution in [1.82, 2.24) is 0 Å². The third kappa shape index (κ3) is 3.03. The molecule has 0 fully saturated rings. The first-order valence-electron chi connectivity index (χ1n) is 4.36. The van der Waals surface area contributed by atoms with E-state index in [2.05, 4.69) is 0 Å². The van der Waals surface area contributed by atoms with Gasteiger partial charge >= 0.3 is 0 Å². The molecule has 14 heavy (non-hydrogen) atoms. The summed E-state index contributed by atoms with van der Waals surface area (Å²) >= 11 is 0. The van der Waals surface area contributed by atoms with Crippen LogP contribution in [-0.4, -0.2) is 13.0 Å². The highest BCUT2D eigenvalue weighted by molar-refractivity contribution is 5.17. The summed E-state index contributed by atoms with van der Waals surface area (Å²) in [5.41, 5.74) is 5.74. The summed E-state index contributed by atoms with van der Waals surface area (Å²) in [6, 6.07) is 5.66. The summed E-state index contributed by atoms with van der Waals surface area (Å²) in [6.07, 6.45) is -2.34. The molecule has 0 aliphatic carbocycles. The minimum atomic E-state index is -2.46. The van der Waals surface area contributed by atoms with Crippen molar-refractivity contribution in [2.75, 3.05) is 6.54 Å². The van der Waals surface area contributed by atoms with Gasteiger partial charge in [-0.15, -0.1) is 0 Å². The molecule has 4 heteroatoms. The van der Waals surface area contributed by atoms with E-state index in [4.69, 9.17) is 5.73 Å². The monoisotopic (exact) mass is 203 g/mol. The largest absolute Gasteiger partial charge is 0.330 e. The number of nitrogens with two attached hydrogens (primary N) is 1. The third-order valence-electron chi connectivity index (χ3n) is 2.05. The molecule has 0 heterocycles. The average molecular weight is 203 g/mol. The maximum absolute atomic E-state index is 12.7. The van der Waals surface area contributed by atoms with E-state index >= 15 is 0 Å². The summed E-state index contributed by atoms with van der Waals surface area (Å²) in [5, 5.41) is 0. The van der Waals surface area contributed by atoms with E-state index in [0.717, 1.165) is 0 Å². The van der Waals surface area contributed by atoms with Gasteiger partial charge in [0.05, 0.1) is 0 Å². The van der Waals surface area contributed by atoms with Gasteiger partial charge in [-0.2, -0.15) is 0 Å². The van der Waals surface area contributed by atoms with Crippen LogP contribution in [0.1, 0.15) is 5.56 Å². The smallest absolute Gasteiger partial charge is 0.242 e. The maximum Gasteiger partial charge on any atom is 0.242 e. The van der Waals surface area contributed by atoms with Crippen molar-refractivity contribution in [2.24, 2.45) is 11.7 Å². The molecule has 0 spiro atoms. The van der Waals surface area contributed by atoms with Crippen LogP contribution in [0.5, 0.6) is 0 Å². The molecule has 0 bridgehead atoms. The van der Waals surface area contributed by atoms with Crippen molar-refractivity contribution >= 4 is 0 Å². The highest BCUT2D eigenvalue weighted by atomic mass is 19.3. The Labute approximate surface area is 80.7 Å². The molecule has 1 aromatic rings. The lowest BCUT2D eigenvalue weighted by Gasteiger charge is -2.13. The molecule has 0 aromatic heterocycles. The summed E-state index contributed by atoms with van der Waals surface area (Å²) in [5.74, 6) is -1.30. The van der Waals surface area contributed by atoms with Crippen LogP contribution in [0.15, 0.2) is 24.3 Å². The SMILES string of the molecule is NCC(Cc1cccc(F)c1)C(F)F. The zero-order chi connectivity index (χ0) is 10.6. The van der Waals surface area contributed by atoms with E-state index in [1.54, 1.807) is 6.07 Å². The van der Waals surface area contributed by atoms with E-state index in [1.165, 1.54) is 18.2 Å². The fourth-order valence-corrected chi connectivity index (χ4v) is 1.24. The van der Waals surface area contributed by atoms with Gasteiger partial charge in [-0.1, -0.05) is 12.1 Å². The lowest BCUT2D eigenvalue weighted by atomic mass is 10.00. The molecule has 1 rings (SSSR count). The van der Waals surface area contributed by atoms with E-state index in [1.807, 2.05) is 0 Å². The fraction of sp³-hybridized carbons (Fsp3) is 0.400. The van der Waals surface area contributed by atoms with Gasteiger partial charge < -0.3 is 5.73 Å². The van der Waals surface area contributed by atoms with Crippen LogP contribution in [0.3, 0.4) is 0 Å². The molecule has 0 aliphatic rings. The molecule has 1 nitrogen and oxygen atoms in total. The Hall–Kier alpha value is -1.03. The Morgan fingerprint density at radius 2 is 2.00 bits per heavy atom. The highest BCUT2D eigenvalue weighted by Gasteiger charge is 2.18. The van der Waals surface area contributed by atoms with Gasteiger partial charge in [-0.3, -0.25) is 0 Å². The molecular formula is C10H12F3N. The van der Waals surface area contributed by atoms with Crippen LogP contribution in [0.25, 0.3) is 0 Å². The van der Waals surface area contributed by atoms with E-state index in [0.29, 0.717) is 5.56 Å². The van der Waals surface area contributed by atoms with Gasteiger partial charge in [0.15, 0.2) is 0 Å². The summed E-state index contributed by atoms with van der Waals surface area (Å²) in [6.45, 7) is -0.0891. The second-order valence-corrected chi connectivity index (χ2v) is 3.16. The summed E-state index contributed by atoms with van der Waals surface area (Å²) in [7, 11) is 0. The normalized spacial score (nSPS) is 13.2. The van der Waals surface area contributed by atoms with Gasteiger partial charge in [0.1, 0.15) is 5.82 Å². The van der Waals surface area contributed by atoms with Crippen molar-refractivity contribution in [3.63, 3.8) is 0 Å². The van der Waals surface area contributed by atoms with Crippen molar-refractivity contribution in [1.29, 1.82) is 0 Å². The molecule has 0 saturated carbocycles. The number of alkyl halides is 2. The number of halogens is 3.